The van der Waals surface area contributed by atoms with Crippen LogP contribution in [0.1, 0.15) is 47.3 Å². The molecule has 0 spiro atoms. The molecule has 0 saturated carbocycles. The van der Waals surface area contributed by atoms with Crippen LogP contribution in [-0.2, 0) is 25.7 Å². The molecule has 1 aliphatic heterocycles. The van der Waals surface area contributed by atoms with Gasteiger partial charge < -0.3 is 24.8 Å². The first-order valence-corrected chi connectivity index (χ1v) is 15.6. The second-order valence-electron chi connectivity index (χ2n) is 11.1. The van der Waals surface area contributed by atoms with Crippen LogP contribution < -0.4 is 20.9 Å². The first-order valence-electron chi connectivity index (χ1n) is 15.3. The summed E-state index contributed by atoms with van der Waals surface area (Å²) in [6.45, 7) is 2.24. The van der Waals surface area contributed by atoms with Gasteiger partial charge in [-0.2, -0.15) is 5.26 Å². The quantitative estimate of drug-likeness (QED) is 0.204. The Bertz CT molecular complexity index is 1900. The Kier molecular flexibility index (Phi) is 10.9. The van der Waals surface area contributed by atoms with E-state index in [0.29, 0.717) is 33.9 Å². The smallest absolute Gasteiger partial charge is 0.338 e. The van der Waals surface area contributed by atoms with Gasteiger partial charge in [-0.1, -0.05) is 48.9 Å². The number of aromatic nitrogens is 1. The van der Waals surface area contributed by atoms with Gasteiger partial charge in [0.2, 0.25) is 5.91 Å². The largest absolute Gasteiger partial charge is 0.495 e. The fourth-order valence-electron chi connectivity index (χ4n) is 5.43. The molecule has 48 heavy (non-hydrogen) atoms. The van der Waals surface area contributed by atoms with Crippen molar-refractivity contribution in [3.8, 4) is 22.9 Å². The molecule has 1 saturated heterocycles. The van der Waals surface area contributed by atoms with Crippen LogP contribution in [0.5, 0.6) is 5.75 Å². The van der Waals surface area contributed by atoms with Crippen molar-refractivity contribution in [2.75, 3.05) is 19.0 Å². The molecule has 2 heterocycles. The SMILES string of the molecule is CCC(C(=O)Nc1ccc(C(=O)O[C@H]2CN[C@@H](C(=O)OCc3ccccc3)C2)cc1)n1cc(OC)c(-c2cc(Cl)ccc2C#N)cc1=O. The summed E-state index contributed by atoms with van der Waals surface area (Å²) in [6.07, 6.45) is 1.51. The number of benzene rings is 3. The summed E-state index contributed by atoms with van der Waals surface area (Å²) in [5, 5.41) is 15.8. The Morgan fingerprint density at radius 1 is 1.06 bits per heavy atom. The number of nitrogens with zero attached hydrogens (tertiary/aromatic N) is 2. The molecular weight excluding hydrogens is 636 g/mol. The summed E-state index contributed by atoms with van der Waals surface area (Å²) in [5.74, 6) is -1.14. The summed E-state index contributed by atoms with van der Waals surface area (Å²) in [4.78, 5) is 51.9. The van der Waals surface area contributed by atoms with E-state index in [0.717, 1.165) is 5.56 Å². The predicted octanol–water partition coefficient (Wildman–Crippen LogP) is 5.27. The van der Waals surface area contributed by atoms with Crippen molar-refractivity contribution < 1.29 is 28.6 Å². The molecule has 0 bridgehead atoms. The Hall–Kier alpha value is -5.44. The second-order valence-corrected chi connectivity index (χ2v) is 11.5. The van der Waals surface area contributed by atoms with E-state index in [1.54, 1.807) is 37.3 Å². The third-order valence-corrected chi connectivity index (χ3v) is 8.18. The molecule has 3 aromatic carbocycles. The molecule has 5 rings (SSSR count). The number of methoxy groups -OCH3 is 1. The number of pyridine rings is 1. The predicted molar refractivity (Wildman–Crippen MR) is 179 cm³/mol. The third kappa shape index (κ3) is 7.91. The minimum Gasteiger partial charge on any atom is -0.495 e. The van der Waals surface area contributed by atoms with Crippen molar-refractivity contribution in [3.63, 3.8) is 0 Å². The molecule has 1 unspecified atom stereocenters. The first-order chi connectivity index (χ1) is 23.2. The number of esters is 2. The van der Waals surface area contributed by atoms with Gasteiger partial charge in [0, 0.05) is 40.9 Å². The topological polar surface area (TPSA) is 149 Å². The summed E-state index contributed by atoms with van der Waals surface area (Å²) in [5.41, 5.74) is 2.22. The van der Waals surface area contributed by atoms with Crippen LogP contribution in [0.4, 0.5) is 5.69 Å². The minimum atomic E-state index is -0.887. The van der Waals surface area contributed by atoms with Gasteiger partial charge in [-0.25, -0.2) is 4.79 Å². The number of anilines is 1. The molecule has 2 N–H and O–H groups in total. The monoisotopic (exact) mass is 668 g/mol. The second kappa shape index (κ2) is 15.4. The molecule has 1 aromatic heterocycles. The van der Waals surface area contributed by atoms with Crippen LogP contribution in [0.2, 0.25) is 5.02 Å². The van der Waals surface area contributed by atoms with E-state index in [1.165, 1.54) is 36.1 Å². The van der Waals surface area contributed by atoms with Crippen molar-refractivity contribution >= 4 is 35.1 Å². The Morgan fingerprint density at radius 2 is 1.81 bits per heavy atom. The number of hydrogen-bond donors (Lipinski definition) is 2. The zero-order chi connectivity index (χ0) is 34.2. The Labute approximate surface area is 282 Å². The van der Waals surface area contributed by atoms with Gasteiger partial charge in [-0.05, 0) is 54.4 Å². The van der Waals surface area contributed by atoms with Crippen LogP contribution in [-0.4, -0.2) is 48.2 Å². The van der Waals surface area contributed by atoms with Crippen molar-refractivity contribution in [1.29, 1.82) is 5.26 Å². The lowest BCUT2D eigenvalue weighted by Gasteiger charge is -2.20. The molecular formula is C36H33ClN4O7. The molecule has 3 atom stereocenters. The van der Waals surface area contributed by atoms with Gasteiger partial charge in [-0.3, -0.25) is 19.0 Å². The molecule has 12 heteroatoms. The van der Waals surface area contributed by atoms with Gasteiger partial charge in [0.1, 0.15) is 30.5 Å². The Morgan fingerprint density at radius 3 is 2.50 bits per heavy atom. The van der Waals surface area contributed by atoms with E-state index >= 15 is 0 Å². The lowest BCUT2D eigenvalue weighted by Crippen LogP contribution is -2.32. The third-order valence-electron chi connectivity index (χ3n) is 7.94. The fourth-order valence-corrected chi connectivity index (χ4v) is 5.60. The van der Waals surface area contributed by atoms with Crippen LogP contribution in [0.25, 0.3) is 11.1 Å². The number of nitriles is 1. The van der Waals surface area contributed by atoms with E-state index in [9.17, 15) is 24.4 Å². The average Bonchev–Trinajstić information content (AvgIpc) is 3.57. The van der Waals surface area contributed by atoms with Crippen LogP contribution >= 0.6 is 11.6 Å². The van der Waals surface area contributed by atoms with Crippen molar-refractivity contribution in [1.82, 2.24) is 9.88 Å². The molecule has 1 aliphatic rings. The average molecular weight is 669 g/mol. The number of carbonyl (C=O) groups excluding carboxylic acids is 3. The van der Waals surface area contributed by atoms with E-state index in [2.05, 4.69) is 16.7 Å². The van der Waals surface area contributed by atoms with E-state index in [4.69, 9.17) is 25.8 Å². The normalized spacial score (nSPS) is 16.0. The Balaban J connectivity index is 1.20. The molecule has 1 amide bonds. The lowest BCUT2D eigenvalue weighted by molar-refractivity contribution is -0.147. The molecule has 1 fully saturated rings. The minimum absolute atomic E-state index is 0.162. The van der Waals surface area contributed by atoms with Crippen molar-refractivity contribution in [2.24, 2.45) is 0 Å². The zero-order valence-corrected chi connectivity index (χ0v) is 27.0. The van der Waals surface area contributed by atoms with Crippen molar-refractivity contribution in [2.45, 2.75) is 44.6 Å². The number of nitrogens with one attached hydrogen (secondary N) is 2. The van der Waals surface area contributed by atoms with Crippen LogP contribution in [0.15, 0.2) is 89.9 Å². The highest BCUT2D eigenvalue weighted by atomic mass is 35.5. The van der Waals surface area contributed by atoms with Crippen LogP contribution in [0, 0.1) is 11.3 Å². The summed E-state index contributed by atoms with van der Waals surface area (Å²) in [7, 11) is 1.43. The molecule has 0 aliphatic carbocycles. The highest BCUT2D eigenvalue weighted by Gasteiger charge is 2.33. The molecule has 246 valence electrons. The van der Waals surface area contributed by atoms with E-state index in [-0.39, 0.29) is 30.8 Å². The number of amides is 1. The van der Waals surface area contributed by atoms with Crippen molar-refractivity contribution in [3.05, 3.63) is 117 Å². The fraction of sp³-hybridized carbons (Fsp3) is 0.250. The number of rotatable bonds is 11. The summed E-state index contributed by atoms with van der Waals surface area (Å²) >= 11 is 6.16. The number of carbonyl (C=O) groups is 3. The summed E-state index contributed by atoms with van der Waals surface area (Å²) in [6, 6.07) is 22.2. The zero-order valence-electron chi connectivity index (χ0n) is 26.3. The van der Waals surface area contributed by atoms with Gasteiger partial charge in [0.25, 0.3) is 5.56 Å². The highest BCUT2D eigenvalue weighted by Crippen LogP contribution is 2.33. The summed E-state index contributed by atoms with van der Waals surface area (Å²) < 4.78 is 17.8. The van der Waals surface area contributed by atoms with Crippen LogP contribution in [0.3, 0.4) is 0 Å². The molecule has 0 radical (unpaired) electrons. The van der Waals surface area contributed by atoms with Gasteiger partial charge in [0.05, 0.1) is 30.5 Å². The van der Waals surface area contributed by atoms with E-state index in [1.807, 2.05) is 30.3 Å². The number of ether oxygens (including phenoxy) is 3. The van der Waals surface area contributed by atoms with E-state index < -0.39 is 41.6 Å². The molecule has 4 aromatic rings. The maximum atomic E-state index is 13.3. The van der Waals surface area contributed by atoms with Gasteiger partial charge in [0.15, 0.2) is 0 Å². The highest BCUT2D eigenvalue weighted by molar-refractivity contribution is 6.31. The first kappa shape index (κ1) is 33.9. The number of hydrogen-bond acceptors (Lipinski definition) is 9. The van der Waals surface area contributed by atoms with Gasteiger partial charge in [-0.15, -0.1) is 0 Å². The molecule has 11 nitrogen and oxygen atoms in total. The lowest BCUT2D eigenvalue weighted by atomic mass is 10.00. The van der Waals surface area contributed by atoms with Gasteiger partial charge >= 0.3 is 11.9 Å². The number of halogens is 1. The maximum Gasteiger partial charge on any atom is 0.338 e. The standard InChI is InChI=1S/C36H33ClN4O7/c1-3-31(41-20-32(46-2)29(17-33(41)42)28-15-25(37)12-9-24(28)18-38)34(43)40-26-13-10-23(11-14-26)35(44)48-27-16-30(39-19-27)36(45)47-21-22-7-5-4-6-8-22/h4-15,17,20,27,30-31,39H,3,16,19,21H2,1-2H3,(H,40,43)/t27-,30-,31?/m1/s1. The maximum absolute atomic E-state index is 13.3.